The Labute approximate surface area is 144 Å². The van der Waals surface area contributed by atoms with Gasteiger partial charge in [-0.25, -0.2) is 0 Å². The number of likely N-dealkylation sites (tertiary alicyclic amines) is 1. The van der Waals surface area contributed by atoms with E-state index in [1.54, 1.807) is 14.2 Å². The molecule has 1 aliphatic heterocycles. The van der Waals surface area contributed by atoms with E-state index >= 15 is 0 Å². The number of benzene rings is 1. The van der Waals surface area contributed by atoms with Crippen LogP contribution in [0.3, 0.4) is 0 Å². The van der Waals surface area contributed by atoms with Gasteiger partial charge in [0.2, 0.25) is 5.91 Å². The summed E-state index contributed by atoms with van der Waals surface area (Å²) in [5, 5.41) is 0. The monoisotopic (exact) mass is 342 g/mol. The van der Waals surface area contributed by atoms with Crippen LogP contribution in [0.1, 0.15) is 25.3 Å². The van der Waals surface area contributed by atoms with Crippen molar-refractivity contribution in [3.8, 4) is 11.5 Å². The van der Waals surface area contributed by atoms with E-state index < -0.39 is 0 Å². The van der Waals surface area contributed by atoms with Crippen molar-refractivity contribution in [3.63, 3.8) is 0 Å². The van der Waals surface area contributed by atoms with E-state index in [1.807, 2.05) is 23.1 Å². The molecule has 1 aliphatic rings. The second kappa shape index (κ2) is 8.99. The molecule has 0 spiro atoms. The predicted molar refractivity (Wildman–Crippen MR) is 93.5 cm³/mol. The van der Waals surface area contributed by atoms with Crippen molar-refractivity contribution < 1.29 is 14.3 Å². The molecule has 0 radical (unpaired) electrons. The van der Waals surface area contributed by atoms with Gasteiger partial charge in [-0.15, -0.1) is 12.4 Å². The Morgan fingerprint density at radius 1 is 1.30 bits per heavy atom. The summed E-state index contributed by atoms with van der Waals surface area (Å²) in [5.41, 5.74) is 6.65. The van der Waals surface area contributed by atoms with Crippen LogP contribution < -0.4 is 15.2 Å². The van der Waals surface area contributed by atoms with Gasteiger partial charge in [0, 0.05) is 24.7 Å². The van der Waals surface area contributed by atoms with Crippen LogP contribution in [0, 0.1) is 5.92 Å². The Balaban J connectivity index is 0.00000264. The molecule has 0 aromatic heterocycles. The van der Waals surface area contributed by atoms with Crippen molar-refractivity contribution in [3.05, 3.63) is 23.8 Å². The molecule has 130 valence electrons. The third kappa shape index (κ3) is 4.52. The second-order valence-electron chi connectivity index (χ2n) is 5.92. The Bertz CT molecular complexity index is 502. The van der Waals surface area contributed by atoms with Crippen LogP contribution in [0.2, 0.25) is 0 Å². The van der Waals surface area contributed by atoms with Crippen molar-refractivity contribution in [1.82, 2.24) is 4.90 Å². The number of carbonyl (C=O) groups excluding carboxylic acids is 1. The fourth-order valence-corrected chi connectivity index (χ4v) is 3.16. The van der Waals surface area contributed by atoms with E-state index in [0.717, 1.165) is 24.9 Å². The Hall–Kier alpha value is -1.46. The fraction of sp³-hybridized carbons (Fsp3) is 0.588. The number of piperidine rings is 1. The summed E-state index contributed by atoms with van der Waals surface area (Å²) in [6.07, 6.45) is 2.29. The molecule has 5 nitrogen and oxygen atoms in total. The number of halogens is 1. The van der Waals surface area contributed by atoms with E-state index in [-0.39, 0.29) is 30.8 Å². The van der Waals surface area contributed by atoms with Crippen molar-refractivity contribution in [2.24, 2.45) is 11.7 Å². The highest BCUT2D eigenvalue weighted by atomic mass is 35.5. The Morgan fingerprint density at radius 3 is 2.43 bits per heavy atom. The number of hydrogen-bond acceptors (Lipinski definition) is 4. The summed E-state index contributed by atoms with van der Waals surface area (Å²) in [5.74, 6) is 2.08. The van der Waals surface area contributed by atoms with Crippen LogP contribution in [-0.4, -0.2) is 44.2 Å². The van der Waals surface area contributed by atoms with E-state index in [1.165, 1.54) is 0 Å². The first kappa shape index (κ1) is 19.6. The lowest BCUT2D eigenvalue weighted by Gasteiger charge is -2.38. The van der Waals surface area contributed by atoms with Gasteiger partial charge in [0.15, 0.2) is 0 Å². The normalized spacial score (nSPS) is 20.6. The summed E-state index contributed by atoms with van der Waals surface area (Å²) in [6, 6.07) is 5.70. The zero-order chi connectivity index (χ0) is 16.1. The zero-order valence-electron chi connectivity index (χ0n) is 14.1. The standard InChI is InChI=1S/C17H26N2O3.ClH/c1-12-7-8-19(13(9-12)11-18)17(20)10-14-15(21-2)5-4-6-16(14)22-3;/h4-6,12-13H,7-11,18H2,1-3H3;1H. The maximum atomic E-state index is 12.7. The number of amides is 1. The molecule has 0 bridgehead atoms. The molecule has 6 heteroatoms. The fourth-order valence-electron chi connectivity index (χ4n) is 3.16. The zero-order valence-corrected chi connectivity index (χ0v) is 14.9. The Kier molecular flexibility index (Phi) is 7.65. The smallest absolute Gasteiger partial charge is 0.227 e. The van der Waals surface area contributed by atoms with Gasteiger partial charge in [-0.1, -0.05) is 13.0 Å². The second-order valence-corrected chi connectivity index (χ2v) is 5.92. The van der Waals surface area contributed by atoms with Crippen LogP contribution in [0.5, 0.6) is 11.5 Å². The largest absolute Gasteiger partial charge is 0.496 e. The first-order valence-electron chi connectivity index (χ1n) is 7.80. The van der Waals surface area contributed by atoms with Gasteiger partial charge >= 0.3 is 0 Å². The minimum absolute atomic E-state index is 0. The summed E-state index contributed by atoms with van der Waals surface area (Å²) in [4.78, 5) is 14.7. The minimum Gasteiger partial charge on any atom is -0.496 e. The van der Waals surface area contributed by atoms with Gasteiger partial charge in [-0.3, -0.25) is 4.79 Å². The molecule has 0 saturated carbocycles. The lowest BCUT2D eigenvalue weighted by atomic mass is 9.92. The van der Waals surface area contributed by atoms with Gasteiger partial charge in [0.25, 0.3) is 0 Å². The van der Waals surface area contributed by atoms with Crippen molar-refractivity contribution in [2.75, 3.05) is 27.3 Å². The number of nitrogens with zero attached hydrogens (tertiary/aromatic N) is 1. The third-order valence-corrected chi connectivity index (χ3v) is 4.43. The third-order valence-electron chi connectivity index (χ3n) is 4.43. The average molecular weight is 343 g/mol. The van der Waals surface area contributed by atoms with E-state index in [9.17, 15) is 4.79 Å². The maximum absolute atomic E-state index is 12.7. The summed E-state index contributed by atoms with van der Waals surface area (Å²) < 4.78 is 10.7. The number of carbonyl (C=O) groups is 1. The molecule has 1 fully saturated rings. The predicted octanol–water partition coefficient (Wildman–Crippen LogP) is 2.25. The van der Waals surface area contributed by atoms with Crippen LogP contribution >= 0.6 is 12.4 Å². The molecule has 1 aromatic carbocycles. The molecule has 2 unspecified atom stereocenters. The summed E-state index contributed by atoms with van der Waals surface area (Å²) in [6.45, 7) is 3.51. The highest BCUT2D eigenvalue weighted by Gasteiger charge is 2.29. The molecule has 1 saturated heterocycles. The quantitative estimate of drug-likeness (QED) is 0.891. The molecule has 2 N–H and O–H groups in total. The molecule has 2 rings (SSSR count). The van der Waals surface area contributed by atoms with Crippen molar-refractivity contribution >= 4 is 18.3 Å². The van der Waals surface area contributed by atoms with Crippen LogP contribution in [-0.2, 0) is 11.2 Å². The van der Waals surface area contributed by atoms with Gasteiger partial charge < -0.3 is 20.1 Å². The number of hydrogen-bond donors (Lipinski definition) is 1. The summed E-state index contributed by atoms with van der Waals surface area (Å²) in [7, 11) is 3.21. The minimum atomic E-state index is 0. The van der Waals surface area contributed by atoms with Crippen molar-refractivity contribution in [1.29, 1.82) is 0 Å². The number of rotatable bonds is 5. The topological polar surface area (TPSA) is 64.8 Å². The van der Waals surface area contributed by atoms with Crippen LogP contribution in [0.4, 0.5) is 0 Å². The van der Waals surface area contributed by atoms with Gasteiger partial charge in [-0.2, -0.15) is 0 Å². The molecule has 0 aliphatic carbocycles. The summed E-state index contributed by atoms with van der Waals surface area (Å²) >= 11 is 0. The van der Waals surface area contributed by atoms with Gasteiger partial charge in [0.05, 0.1) is 20.6 Å². The van der Waals surface area contributed by atoms with E-state index in [4.69, 9.17) is 15.2 Å². The van der Waals surface area contributed by atoms with E-state index in [0.29, 0.717) is 24.0 Å². The molecule has 23 heavy (non-hydrogen) atoms. The van der Waals surface area contributed by atoms with Gasteiger partial charge in [0.1, 0.15) is 11.5 Å². The number of methoxy groups -OCH3 is 2. The molecule has 2 atom stereocenters. The van der Waals surface area contributed by atoms with Crippen LogP contribution in [0.15, 0.2) is 18.2 Å². The molecular weight excluding hydrogens is 316 g/mol. The van der Waals surface area contributed by atoms with E-state index in [2.05, 4.69) is 6.92 Å². The lowest BCUT2D eigenvalue weighted by Crippen LogP contribution is -2.49. The first-order chi connectivity index (χ1) is 10.6. The maximum Gasteiger partial charge on any atom is 0.227 e. The molecule has 1 aromatic rings. The highest BCUT2D eigenvalue weighted by Crippen LogP contribution is 2.30. The lowest BCUT2D eigenvalue weighted by molar-refractivity contribution is -0.134. The molecule has 1 heterocycles. The average Bonchev–Trinajstić information content (AvgIpc) is 2.54. The molecular formula is C17H27ClN2O3. The van der Waals surface area contributed by atoms with Crippen LogP contribution in [0.25, 0.3) is 0 Å². The highest BCUT2D eigenvalue weighted by molar-refractivity contribution is 5.85. The van der Waals surface area contributed by atoms with Gasteiger partial charge in [-0.05, 0) is 30.9 Å². The number of nitrogens with two attached hydrogens (primary N) is 1. The molecule has 1 amide bonds. The van der Waals surface area contributed by atoms with Crippen molar-refractivity contribution in [2.45, 2.75) is 32.2 Å². The SMILES string of the molecule is COc1cccc(OC)c1CC(=O)N1CCC(C)CC1CN.Cl. The Morgan fingerprint density at radius 2 is 1.91 bits per heavy atom. The number of ether oxygens (including phenoxy) is 2. The first-order valence-corrected chi connectivity index (χ1v) is 7.80.